The average molecular weight is 276 g/mol. The van der Waals surface area contributed by atoms with Crippen LogP contribution in [0.25, 0.3) is 0 Å². The molecule has 0 fully saturated rings. The van der Waals surface area contributed by atoms with Gasteiger partial charge in [0, 0.05) is 24.5 Å². The lowest BCUT2D eigenvalue weighted by atomic mass is 10.3. The van der Waals surface area contributed by atoms with Gasteiger partial charge in [0.1, 0.15) is 4.21 Å². The monoisotopic (exact) mass is 276 g/mol. The molecule has 0 aliphatic rings. The molecule has 0 bridgehead atoms. The van der Waals surface area contributed by atoms with E-state index in [-0.39, 0.29) is 6.04 Å². The van der Waals surface area contributed by atoms with E-state index >= 15 is 0 Å². The average Bonchev–Trinajstić information content (AvgIpc) is 2.60. The first-order valence-electron chi connectivity index (χ1n) is 5.52. The zero-order chi connectivity index (χ0) is 13.2. The third-order valence-corrected chi connectivity index (χ3v) is 6.42. The van der Waals surface area contributed by atoms with E-state index in [0.29, 0.717) is 10.8 Å². The fourth-order valence-electron chi connectivity index (χ4n) is 1.37. The molecule has 6 heteroatoms. The van der Waals surface area contributed by atoms with Gasteiger partial charge in [0.15, 0.2) is 0 Å². The Labute approximate surface area is 108 Å². The van der Waals surface area contributed by atoms with E-state index in [0.717, 1.165) is 10.4 Å². The van der Waals surface area contributed by atoms with Crippen molar-refractivity contribution in [2.75, 3.05) is 14.1 Å². The fourth-order valence-corrected chi connectivity index (χ4v) is 4.53. The van der Waals surface area contributed by atoms with Crippen LogP contribution in [-0.4, -0.2) is 32.9 Å². The number of rotatable bonds is 5. The van der Waals surface area contributed by atoms with E-state index in [4.69, 9.17) is 0 Å². The molecular weight excluding hydrogens is 256 g/mol. The smallest absolute Gasteiger partial charge is 0.252 e. The first-order valence-corrected chi connectivity index (χ1v) is 7.78. The molecule has 0 radical (unpaired) electrons. The molecule has 0 amide bonds. The maximum atomic E-state index is 12.3. The number of nitrogens with one attached hydrogen (secondary N) is 1. The van der Waals surface area contributed by atoms with Gasteiger partial charge in [-0.1, -0.05) is 0 Å². The Kier molecular flexibility index (Phi) is 4.71. The van der Waals surface area contributed by atoms with Crippen molar-refractivity contribution in [3.8, 4) is 0 Å². The van der Waals surface area contributed by atoms with Gasteiger partial charge in [0.25, 0.3) is 10.0 Å². The molecular formula is C11H20N2O2S2. The number of hydrogen-bond donors (Lipinski definition) is 1. The van der Waals surface area contributed by atoms with Crippen LogP contribution in [0.3, 0.4) is 0 Å². The third kappa shape index (κ3) is 3.07. The van der Waals surface area contributed by atoms with Crippen LogP contribution in [-0.2, 0) is 16.6 Å². The first kappa shape index (κ1) is 14.6. The van der Waals surface area contributed by atoms with E-state index in [9.17, 15) is 8.42 Å². The van der Waals surface area contributed by atoms with Crippen molar-refractivity contribution in [2.24, 2.45) is 0 Å². The first-order chi connectivity index (χ1) is 7.80. The van der Waals surface area contributed by atoms with E-state index < -0.39 is 10.0 Å². The van der Waals surface area contributed by atoms with Crippen LogP contribution in [0.1, 0.15) is 24.3 Å². The molecule has 0 unspecified atom stereocenters. The minimum atomic E-state index is -3.33. The summed E-state index contributed by atoms with van der Waals surface area (Å²) in [5, 5.41) is 3.04. The summed E-state index contributed by atoms with van der Waals surface area (Å²) in [5.41, 5.74) is 1.03. The van der Waals surface area contributed by atoms with E-state index in [2.05, 4.69) is 5.32 Å². The molecule has 0 spiro atoms. The summed E-state index contributed by atoms with van der Waals surface area (Å²) in [6.45, 7) is 6.38. The summed E-state index contributed by atoms with van der Waals surface area (Å²) < 4.78 is 26.4. The van der Waals surface area contributed by atoms with Crippen LogP contribution < -0.4 is 5.32 Å². The lowest BCUT2D eigenvalue weighted by Gasteiger charge is -2.19. The summed E-state index contributed by atoms with van der Waals surface area (Å²) >= 11 is 1.34. The van der Waals surface area contributed by atoms with Crippen LogP contribution in [0.2, 0.25) is 0 Å². The van der Waals surface area contributed by atoms with Crippen LogP contribution >= 0.6 is 11.3 Å². The van der Waals surface area contributed by atoms with Gasteiger partial charge in [-0.2, -0.15) is 4.31 Å². The van der Waals surface area contributed by atoms with Gasteiger partial charge in [-0.15, -0.1) is 11.3 Å². The highest BCUT2D eigenvalue weighted by atomic mass is 32.2. The second-order valence-corrected chi connectivity index (χ2v) is 7.68. The van der Waals surface area contributed by atoms with Gasteiger partial charge in [-0.05, 0) is 39.4 Å². The molecule has 0 aliphatic carbocycles. The molecule has 17 heavy (non-hydrogen) atoms. The van der Waals surface area contributed by atoms with Crippen molar-refractivity contribution in [1.82, 2.24) is 9.62 Å². The summed E-state index contributed by atoms with van der Waals surface area (Å²) in [6.07, 6.45) is 0. The maximum absolute atomic E-state index is 12.3. The Bertz CT molecular complexity index is 478. The summed E-state index contributed by atoms with van der Waals surface area (Å²) in [4.78, 5) is 1.07. The van der Waals surface area contributed by atoms with E-state index in [1.54, 1.807) is 13.1 Å². The fraction of sp³-hybridized carbons (Fsp3) is 0.636. The molecule has 1 N–H and O–H groups in total. The highest BCUT2D eigenvalue weighted by molar-refractivity contribution is 7.91. The molecule has 4 nitrogen and oxygen atoms in total. The standard InChI is InChI=1S/C11H20N2O2S2/c1-8(2)13(5)17(14,15)11-6-9(3)10(16-11)7-12-4/h6,8,12H,7H2,1-5H3. The molecule has 0 aliphatic heterocycles. The molecule has 1 rings (SSSR count). The molecule has 98 valence electrons. The number of thiophene rings is 1. The van der Waals surface area contributed by atoms with Crippen LogP contribution in [0.4, 0.5) is 0 Å². The minimum absolute atomic E-state index is 0.0323. The lowest BCUT2D eigenvalue weighted by molar-refractivity contribution is 0.412. The van der Waals surface area contributed by atoms with E-state index in [1.165, 1.54) is 15.6 Å². The van der Waals surface area contributed by atoms with Crippen LogP contribution in [0.15, 0.2) is 10.3 Å². The molecule has 0 atom stereocenters. The van der Waals surface area contributed by atoms with Gasteiger partial charge in [-0.3, -0.25) is 0 Å². The topological polar surface area (TPSA) is 49.4 Å². The Morgan fingerprint density at radius 3 is 2.53 bits per heavy atom. The quantitative estimate of drug-likeness (QED) is 0.892. The zero-order valence-electron chi connectivity index (χ0n) is 10.9. The second-order valence-electron chi connectivity index (χ2n) is 4.32. The summed E-state index contributed by atoms with van der Waals surface area (Å²) in [5.74, 6) is 0. The number of hydrogen-bond acceptors (Lipinski definition) is 4. The van der Waals surface area contributed by atoms with Crippen molar-refractivity contribution < 1.29 is 8.42 Å². The number of aryl methyl sites for hydroxylation is 1. The summed E-state index contributed by atoms with van der Waals surface area (Å²) in [7, 11) is 0.138. The van der Waals surface area contributed by atoms with Crippen molar-refractivity contribution in [3.05, 3.63) is 16.5 Å². The molecule has 0 saturated heterocycles. The minimum Gasteiger partial charge on any atom is -0.315 e. The highest BCUT2D eigenvalue weighted by Crippen LogP contribution is 2.28. The molecule has 1 aromatic rings. The predicted octanol–water partition coefficient (Wildman–Crippen LogP) is 1.80. The Morgan fingerprint density at radius 2 is 2.06 bits per heavy atom. The highest BCUT2D eigenvalue weighted by Gasteiger charge is 2.25. The van der Waals surface area contributed by atoms with E-state index in [1.807, 2.05) is 27.8 Å². The predicted molar refractivity (Wildman–Crippen MR) is 71.9 cm³/mol. The Morgan fingerprint density at radius 1 is 1.47 bits per heavy atom. The lowest BCUT2D eigenvalue weighted by Crippen LogP contribution is -2.32. The van der Waals surface area contributed by atoms with Crippen molar-refractivity contribution in [1.29, 1.82) is 0 Å². The maximum Gasteiger partial charge on any atom is 0.252 e. The van der Waals surface area contributed by atoms with Crippen LogP contribution in [0.5, 0.6) is 0 Å². The van der Waals surface area contributed by atoms with Crippen molar-refractivity contribution in [2.45, 2.75) is 37.6 Å². The summed E-state index contributed by atoms with van der Waals surface area (Å²) in [6, 6.07) is 1.72. The number of sulfonamides is 1. The molecule has 0 aromatic carbocycles. The van der Waals surface area contributed by atoms with Gasteiger partial charge in [0.2, 0.25) is 0 Å². The number of nitrogens with zero attached hydrogens (tertiary/aromatic N) is 1. The Hall–Kier alpha value is -0.430. The van der Waals surface area contributed by atoms with Gasteiger partial charge in [-0.25, -0.2) is 8.42 Å². The largest absolute Gasteiger partial charge is 0.315 e. The molecule has 0 saturated carbocycles. The normalized spacial score (nSPS) is 12.6. The SMILES string of the molecule is CNCc1sc(S(=O)(=O)N(C)C(C)C)cc1C. The third-order valence-electron chi connectivity index (χ3n) is 2.70. The van der Waals surface area contributed by atoms with Gasteiger partial charge >= 0.3 is 0 Å². The van der Waals surface area contributed by atoms with Gasteiger partial charge in [0.05, 0.1) is 0 Å². The zero-order valence-corrected chi connectivity index (χ0v) is 12.6. The molecule has 1 heterocycles. The van der Waals surface area contributed by atoms with Crippen LogP contribution in [0, 0.1) is 6.92 Å². The molecule has 1 aromatic heterocycles. The van der Waals surface area contributed by atoms with Crippen molar-refractivity contribution in [3.63, 3.8) is 0 Å². The van der Waals surface area contributed by atoms with Gasteiger partial charge < -0.3 is 5.32 Å². The second kappa shape index (κ2) is 5.48. The van der Waals surface area contributed by atoms with Crippen molar-refractivity contribution >= 4 is 21.4 Å². The Balaban J connectivity index is 3.12.